The number of aliphatic carboxylic acids is 1. The molecule has 132 valence electrons. The maximum absolute atomic E-state index is 10.6. The molecule has 0 aromatic heterocycles. The smallest absolute Gasteiger partial charge is 0.303 e. The molecule has 0 saturated heterocycles. The fourth-order valence-corrected chi connectivity index (χ4v) is 4.35. The van der Waals surface area contributed by atoms with Crippen molar-refractivity contribution in [1.29, 1.82) is 0 Å². The van der Waals surface area contributed by atoms with Gasteiger partial charge in [0.25, 0.3) is 0 Å². The third kappa shape index (κ3) is 3.62. The van der Waals surface area contributed by atoms with Crippen LogP contribution in [0.15, 0.2) is 60.2 Å². The van der Waals surface area contributed by atoms with Crippen molar-refractivity contribution in [2.24, 2.45) is 11.3 Å². The molecule has 3 heteroatoms. The summed E-state index contributed by atoms with van der Waals surface area (Å²) in [4.78, 5) is 10.6. The number of hydrogen-bond acceptors (Lipinski definition) is 2. The molecule has 25 heavy (non-hydrogen) atoms. The zero-order valence-corrected chi connectivity index (χ0v) is 14.7. The van der Waals surface area contributed by atoms with Gasteiger partial charge in [-0.25, -0.2) is 0 Å². The normalized spacial score (nSPS) is 26.6. The lowest BCUT2D eigenvalue weighted by Gasteiger charge is -2.27. The van der Waals surface area contributed by atoms with Gasteiger partial charge in [-0.05, 0) is 47.8 Å². The molecule has 0 spiro atoms. The van der Waals surface area contributed by atoms with Crippen LogP contribution in [0.3, 0.4) is 0 Å². The molecule has 1 aromatic rings. The lowest BCUT2D eigenvalue weighted by Crippen LogP contribution is -2.14. The topological polar surface area (TPSA) is 57.5 Å². The minimum Gasteiger partial charge on any atom is -0.481 e. The summed E-state index contributed by atoms with van der Waals surface area (Å²) >= 11 is 0. The maximum Gasteiger partial charge on any atom is 0.303 e. The molecular formula is C22H26O3. The molecule has 3 rings (SSSR count). The lowest BCUT2D eigenvalue weighted by molar-refractivity contribution is -0.137. The van der Waals surface area contributed by atoms with Crippen LogP contribution in [0.2, 0.25) is 0 Å². The van der Waals surface area contributed by atoms with E-state index in [2.05, 4.69) is 43.8 Å². The molecule has 2 aliphatic carbocycles. The van der Waals surface area contributed by atoms with Gasteiger partial charge in [-0.2, -0.15) is 0 Å². The van der Waals surface area contributed by atoms with Gasteiger partial charge in [0.2, 0.25) is 0 Å². The summed E-state index contributed by atoms with van der Waals surface area (Å²) in [5, 5.41) is 18.9. The van der Waals surface area contributed by atoms with Crippen LogP contribution in [-0.4, -0.2) is 22.3 Å². The Balaban J connectivity index is 1.84. The van der Waals surface area contributed by atoms with Crippen LogP contribution in [0.1, 0.15) is 44.6 Å². The number of hydrogen-bond donors (Lipinski definition) is 2. The van der Waals surface area contributed by atoms with E-state index in [9.17, 15) is 9.90 Å². The van der Waals surface area contributed by atoms with Crippen molar-refractivity contribution in [2.75, 3.05) is 0 Å². The van der Waals surface area contributed by atoms with Crippen LogP contribution in [0.25, 0.3) is 5.57 Å². The highest BCUT2D eigenvalue weighted by molar-refractivity contribution is 5.80. The van der Waals surface area contributed by atoms with Gasteiger partial charge >= 0.3 is 5.97 Å². The predicted molar refractivity (Wildman–Crippen MR) is 100.0 cm³/mol. The minimum atomic E-state index is -0.815. The highest BCUT2D eigenvalue weighted by atomic mass is 16.4. The van der Waals surface area contributed by atoms with Crippen LogP contribution in [0, 0.1) is 11.3 Å². The first-order valence-electron chi connectivity index (χ1n) is 8.96. The first kappa shape index (κ1) is 17.7. The molecular weight excluding hydrogens is 312 g/mol. The van der Waals surface area contributed by atoms with Crippen molar-refractivity contribution in [2.45, 2.75) is 45.1 Å². The zero-order valence-electron chi connectivity index (χ0n) is 14.7. The standard InChI is InChI=1S/C22H26O3/c1-15-13-22(2)14-18(15)21(16-7-4-3-5-8-16)19(22)12-11-17(23)9-6-10-20(24)25/h3-5,7-8,11-12,17-18,23H,1,6,9-10,13-14H2,2H3,(H,24,25). The average Bonchev–Trinajstić information content (AvgIpc) is 3.02. The van der Waals surface area contributed by atoms with E-state index in [1.54, 1.807) is 0 Å². The zero-order chi connectivity index (χ0) is 18.0. The fourth-order valence-electron chi connectivity index (χ4n) is 4.35. The molecule has 0 radical (unpaired) electrons. The van der Waals surface area contributed by atoms with Crippen LogP contribution in [0.4, 0.5) is 0 Å². The molecule has 2 bridgehead atoms. The quantitative estimate of drug-likeness (QED) is 0.715. The van der Waals surface area contributed by atoms with E-state index in [0.717, 1.165) is 12.8 Å². The molecule has 3 unspecified atom stereocenters. The number of carboxylic acid groups (broad SMARTS) is 1. The molecule has 0 aliphatic heterocycles. The van der Waals surface area contributed by atoms with Crippen molar-refractivity contribution in [3.63, 3.8) is 0 Å². The van der Waals surface area contributed by atoms with Crippen molar-refractivity contribution < 1.29 is 15.0 Å². The Kier molecular flexibility index (Phi) is 4.96. The summed E-state index contributed by atoms with van der Waals surface area (Å²) in [7, 11) is 0. The fraction of sp³-hybridized carbons (Fsp3) is 0.409. The lowest BCUT2D eigenvalue weighted by atomic mass is 9.77. The van der Waals surface area contributed by atoms with Crippen LogP contribution >= 0.6 is 0 Å². The van der Waals surface area contributed by atoms with Crippen molar-refractivity contribution in [1.82, 2.24) is 0 Å². The number of allylic oxidation sites excluding steroid dienone is 4. The van der Waals surface area contributed by atoms with Crippen LogP contribution in [0.5, 0.6) is 0 Å². The Labute approximate surface area is 149 Å². The molecule has 3 nitrogen and oxygen atoms in total. The highest BCUT2D eigenvalue weighted by Crippen LogP contribution is 2.62. The third-order valence-electron chi connectivity index (χ3n) is 5.51. The molecule has 1 fully saturated rings. The monoisotopic (exact) mass is 338 g/mol. The Bertz CT molecular complexity index is 729. The van der Waals surface area contributed by atoms with Gasteiger partial charge in [0.15, 0.2) is 0 Å². The number of carbonyl (C=O) groups is 1. The number of rotatable bonds is 7. The van der Waals surface area contributed by atoms with Crippen LogP contribution in [-0.2, 0) is 4.79 Å². The van der Waals surface area contributed by atoms with E-state index in [4.69, 9.17) is 5.11 Å². The molecule has 1 saturated carbocycles. The van der Waals surface area contributed by atoms with E-state index >= 15 is 0 Å². The SMILES string of the molecule is C=C1CC2(C)CC1C(c1ccccc1)=C2C=CC(O)CCCC(=O)O. The van der Waals surface area contributed by atoms with Crippen molar-refractivity contribution >= 4 is 11.5 Å². The summed E-state index contributed by atoms with van der Waals surface area (Å²) in [5.41, 5.74) is 5.27. The first-order valence-corrected chi connectivity index (χ1v) is 8.96. The summed E-state index contributed by atoms with van der Waals surface area (Å²) < 4.78 is 0. The number of benzene rings is 1. The summed E-state index contributed by atoms with van der Waals surface area (Å²) in [6.07, 6.45) is 6.45. The number of aliphatic hydroxyl groups excluding tert-OH is 1. The van der Waals surface area contributed by atoms with Gasteiger partial charge in [-0.15, -0.1) is 0 Å². The number of aliphatic hydroxyl groups is 1. The molecule has 2 N–H and O–H groups in total. The van der Waals surface area contributed by atoms with E-state index in [1.807, 2.05) is 12.1 Å². The van der Waals surface area contributed by atoms with Gasteiger partial charge in [-0.1, -0.05) is 61.6 Å². The first-order chi connectivity index (χ1) is 11.9. The average molecular weight is 338 g/mol. The van der Waals surface area contributed by atoms with Crippen molar-refractivity contribution in [3.05, 3.63) is 65.8 Å². The summed E-state index contributed by atoms with van der Waals surface area (Å²) in [6.45, 7) is 6.56. The predicted octanol–water partition coefficient (Wildman–Crippen LogP) is 4.60. The van der Waals surface area contributed by atoms with E-state index in [0.29, 0.717) is 18.8 Å². The molecule has 0 amide bonds. The number of fused-ring (bicyclic) bond motifs is 2. The third-order valence-corrected chi connectivity index (χ3v) is 5.51. The van der Waals surface area contributed by atoms with Gasteiger partial charge in [0.05, 0.1) is 6.10 Å². The molecule has 1 aromatic carbocycles. The second-order valence-electron chi connectivity index (χ2n) is 7.56. The molecule has 0 heterocycles. The Morgan fingerprint density at radius 2 is 2.12 bits per heavy atom. The molecule has 2 aliphatic rings. The Morgan fingerprint density at radius 1 is 1.40 bits per heavy atom. The number of carboxylic acids is 1. The minimum absolute atomic E-state index is 0.0875. The molecule has 3 atom stereocenters. The van der Waals surface area contributed by atoms with Gasteiger partial charge in [0.1, 0.15) is 0 Å². The van der Waals surface area contributed by atoms with E-state index in [1.165, 1.54) is 22.3 Å². The van der Waals surface area contributed by atoms with Crippen LogP contribution < -0.4 is 0 Å². The summed E-state index contributed by atoms with van der Waals surface area (Å²) in [5.74, 6) is -0.416. The van der Waals surface area contributed by atoms with E-state index in [-0.39, 0.29) is 11.8 Å². The van der Waals surface area contributed by atoms with Gasteiger partial charge < -0.3 is 10.2 Å². The highest BCUT2D eigenvalue weighted by Gasteiger charge is 2.48. The van der Waals surface area contributed by atoms with E-state index < -0.39 is 12.1 Å². The Hall–Kier alpha value is -2.13. The largest absolute Gasteiger partial charge is 0.481 e. The van der Waals surface area contributed by atoms with Gasteiger partial charge in [0, 0.05) is 12.3 Å². The second-order valence-corrected chi connectivity index (χ2v) is 7.56. The Morgan fingerprint density at radius 3 is 2.80 bits per heavy atom. The summed E-state index contributed by atoms with van der Waals surface area (Å²) in [6, 6.07) is 10.4. The van der Waals surface area contributed by atoms with Gasteiger partial charge in [-0.3, -0.25) is 4.79 Å². The maximum atomic E-state index is 10.6. The second kappa shape index (κ2) is 7.01. The van der Waals surface area contributed by atoms with Crippen molar-refractivity contribution in [3.8, 4) is 0 Å².